The maximum absolute atomic E-state index is 12.1. The van der Waals surface area contributed by atoms with Gasteiger partial charge in [0.1, 0.15) is 0 Å². The number of nitrogens with one attached hydrogen (secondary N) is 1. The van der Waals surface area contributed by atoms with Crippen molar-refractivity contribution in [2.75, 3.05) is 6.54 Å². The van der Waals surface area contributed by atoms with Gasteiger partial charge >= 0.3 is 5.69 Å². The largest absolute Gasteiger partial charge is 0.502 e. The van der Waals surface area contributed by atoms with E-state index in [2.05, 4.69) is 4.72 Å². The second kappa shape index (κ2) is 5.96. The molecule has 0 aromatic heterocycles. The minimum absolute atomic E-state index is 0.0815. The lowest BCUT2D eigenvalue weighted by molar-refractivity contribution is -0.386. The van der Waals surface area contributed by atoms with Gasteiger partial charge in [-0.15, -0.1) is 0 Å². The molecule has 0 amide bonds. The van der Waals surface area contributed by atoms with Crippen LogP contribution in [-0.2, 0) is 10.0 Å². The average molecular weight is 316 g/mol. The Morgan fingerprint density at radius 3 is 2.67 bits per heavy atom. The highest BCUT2D eigenvalue weighted by Crippen LogP contribution is 2.29. The summed E-state index contributed by atoms with van der Waals surface area (Å²) in [6.45, 7) is 0.0815. The number of aliphatic hydroxyl groups is 1. The molecular formula is C12H16N2O6S. The van der Waals surface area contributed by atoms with Crippen LogP contribution in [0.1, 0.15) is 19.3 Å². The Bertz CT molecular complexity index is 645. The number of nitro benzene ring substituents is 1. The molecule has 0 spiro atoms. The molecule has 8 nitrogen and oxygen atoms in total. The Kier molecular flexibility index (Phi) is 4.45. The van der Waals surface area contributed by atoms with Gasteiger partial charge in [-0.2, -0.15) is 0 Å². The first-order valence-corrected chi connectivity index (χ1v) is 7.94. The summed E-state index contributed by atoms with van der Waals surface area (Å²) < 4.78 is 26.5. The van der Waals surface area contributed by atoms with E-state index in [4.69, 9.17) is 0 Å². The van der Waals surface area contributed by atoms with E-state index in [-0.39, 0.29) is 17.4 Å². The standard InChI is InChI=1S/C12H16N2O6S/c15-11-3-1-2-8(11)7-13-21(19,20)9-4-5-12(16)10(6-9)14(17)18/h4-6,8,11,13,15-16H,1-3,7H2. The number of benzene rings is 1. The third kappa shape index (κ3) is 3.49. The van der Waals surface area contributed by atoms with E-state index in [1.807, 2.05) is 0 Å². The van der Waals surface area contributed by atoms with Crippen LogP contribution in [0.15, 0.2) is 23.1 Å². The molecule has 1 fully saturated rings. The maximum atomic E-state index is 12.1. The number of phenolic OH excluding ortho intramolecular Hbond substituents is 1. The first-order valence-electron chi connectivity index (χ1n) is 6.46. The number of aromatic hydroxyl groups is 1. The highest BCUT2D eigenvalue weighted by molar-refractivity contribution is 7.89. The van der Waals surface area contributed by atoms with Gasteiger partial charge in [-0.3, -0.25) is 10.1 Å². The van der Waals surface area contributed by atoms with Crippen molar-refractivity contribution in [3.05, 3.63) is 28.3 Å². The molecule has 21 heavy (non-hydrogen) atoms. The molecule has 1 aromatic carbocycles. The fourth-order valence-electron chi connectivity index (χ4n) is 2.37. The summed E-state index contributed by atoms with van der Waals surface area (Å²) in [6.07, 6.45) is 1.70. The van der Waals surface area contributed by atoms with Crippen LogP contribution in [0, 0.1) is 16.0 Å². The van der Waals surface area contributed by atoms with E-state index in [1.54, 1.807) is 0 Å². The van der Waals surface area contributed by atoms with E-state index in [1.165, 1.54) is 0 Å². The Balaban J connectivity index is 2.15. The van der Waals surface area contributed by atoms with Crippen molar-refractivity contribution in [1.29, 1.82) is 0 Å². The van der Waals surface area contributed by atoms with Gasteiger partial charge in [0.2, 0.25) is 10.0 Å². The first-order chi connectivity index (χ1) is 9.81. The Morgan fingerprint density at radius 1 is 1.38 bits per heavy atom. The third-order valence-electron chi connectivity index (χ3n) is 3.61. The van der Waals surface area contributed by atoms with Crippen LogP contribution in [0.5, 0.6) is 5.75 Å². The molecule has 2 atom stereocenters. The lowest BCUT2D eigenvalue weighted by Gasteiger charge is -2.15. The molecule has 0 aliphatic heterocycles. The Labute approximate surface area is 121 Å². The number of hydrogen-bond donors (Lipinski definition) is 3. The molecule has 0 radical (unpaired) electrons. The number of nitro groups is 1. The van der Waals surface area contributed by atoms with Gasteiger partial charge in [-0.25, -0.2) is 13.1 Å². The van der Waals surface area contributed by atoms with E-state index >= 15 is 0 Å². The van der Waals surface area contributed by atoms with Gasteiger partial charge in [-0.05, 0) is 30.9 Å². The van der Waals surface area contributed by atoms with Crippen LogP contribution in [-0.4, -0.2) is 36.2 Å². The van der Waals surface area contributed by atoms with Crippen molar-refractivity contribution in [3.8, 4) is 5.75 Å². The van der Waals surface area contributed by atoms with Crippen LogP contribution < -0.4 is 4.72 Å². The molecule has 0 bridgehead atoms. The minimum Gasteiger partial charge on any atom is -0.502 e. The number of nitrogens with zero attached hydrogens (tertiary/aromatic N) is 1. The van der Waals surface area contributed by atoms with Gasteiger partial charge in [0.15, 0.2) is 5.75 Å². The molecule has 3 N–H and O–H groups in total. The molecule has 9 heteroatoms. The number of aliphatic hydroxyl groups excluding tert-OH is 1. The van der Waals surface area contributed by atoms with Gasteiger partial charge < -0.3 is 10.2 Å². The zero-order valence-corrected chi connectivity index (χ0v) is 11.9. The topological polar surface area (TPSA) is 130 Å². The summed E-state index contributed by atoms with van der Waals surface area (Å²) in [7, 11) is -3.92. The highest BCUT2D eigenvalue weighted by Gasteiger charge is 2.27. The molecule has 2 unspecified atom stereocenters. The average Bonchev–Trinajstić information content (AvgIpc) is 2.82. The number of rotatable bonds is 5. The second-order valence-corrected chi connectivity index (χ2v) is 6.78. The zero-order valence-electron chi connectivity index (χ0n) is 11.1. The van der Waals surface area contributed by atoms with Crippen LogP contribution in [0.25, 0.3) is 0 Å². The molecule has 0 heterocycles. The van der Waals surface area contributed by atoms with Gasteiger partial charge in [0, 0.05) is 12.6 Å². The molecule has 0 saturated heterocycles. The van der Waals surface area contributed by atoms with Crippen LogP contribution in [0.3, 0.4) is 0 Å². The van der Waals surface area contributed by atoms with Crippen molar-refractivity contribution in [3.63, 3.8) is 0 Å². The number of sulfonamides is 1. The summed E-state index contributed by atoms with van der Waals surface area (Å²) >= 11 is 0. The fourth-order valence-corrected chi connectivity index (χ4v) is 3.49. The molecule has 116 valence electrons. The van der Waals surface area contributed by atoms with Gasteiger partial charge in [-0.1, -0.05) is 6.42 Å². The molecule has 1 saturated carbocycles. The fraction of sp³-hybridized carbons (Fsp3) is 0.500. The maximum Gasteiger partial charge on any atom is 0.312 e. The molecule has 1 aromatic rings. The minimum atomic E-state index is -3.92. The van der Waals surface area contributed by atoms with E-state index in [0.29, 0.717) is 6.42 Å². The normalized spacial score (nSPS) is 22.3. The van der Waals surface area contributed by atoms with Crippen molar-refractivity contribution < 1.29 is 23.6 Å². The van der Waals surface area contributed by atoms with Crippen molar-refractivity contribution in [2.45, 2.75) is 30.3 Å². The van der Waals surface area contributed by atoms with Crippen LogP contribution >= 0.6 is 0 Å². The molecular weight excluding hydrogens is 300 g/mol. The molecule has 2 rings (SSSR count). The summed E-state index contributed by atoms with van der Waals surface area (Å²) in [5, 5.41) is 29.7. The highest BCUT2D eigenvalue weighted by atomic mass is 32.2. The van der Waals surface area contributed by atoms with E-state index < -0.39 is 32.5 Å². The first kappa shape index (κ1) is 15.7. The quantitative estimate of drug-likeness (QED) is 0.542. The predicted octanol–water partition coefficient (Wildman–Crippen LogP) is 0.740. The zero-order chi connectivity index (χ0) is 15.6. The molecule has 1 aliphatic carbocycles. The van der Waals surface area contributed by atoms with E-state index in [9.17, 15) is 28.7 Å². The summed E-state index contributed by atoms with van der Waals surface area (Å²) in [6, 6.07) is 2.87. The second-order valence-electron chi connectivity index (χ2n) is 5.02. The SMILES string of the molecule is O=[N+]([O-])c1cc(S(=O)(=O)NCC2CCCC2O)ccc1O. The van der Waals surface area contributed by atoms with Crippen LogP contribution in [0.2, 0.25) is 0 Å². The smallest absolute Gasteiger partial charge is 0.312 e. The van der Waals surface area contributed by atoms with Gasteiger partial charge in [0.05, 0.1) is 15.9 Å². The van der Waals surface area contributed by atoms with Crippen molar-refractivity contribution in [2.24, 2.45) is 5.92 Å². The van der Waals surface area contributed by atoms with Gasteiger partial charge in [0.25, 0.3) is 0 Å². The van der Waals surface area contributed by atoms with Crippen LogP contribution in [0.4, 0.5) is 5.69 Å². The van der Waals surface area contributed by atoms with Crippen molar-refractivity contribution >= 4 is 15.7 Å². The third-order valence-corrected chi connectivity index (χ3v) is 5.03. The summed E-state index contributed by atoms with van der Waals surface area (Å²) in [4.78, 5) is 9.56. The summed E-state index contributed by atoms with van der Waals surface area (Å²) in [5.74, 6) is -0.739. The van der Waals surface area contributed by atoms with E-state index in [0.717, 1.165) is 31.0 Å². The number of hydrogen-bond acceptors (Lipinski definition) is 6. The predicted molar refractivity (Wildman–Crippen MR) is 73.3 cm³/mol. The van der Waals surface area contributed by atoms with Crippen molar-refractivity contribution in [1.82, 2.24) is 4.72 Å². The number of phenols is 1. The Hall–Kier alpha value is -1.71. The molecule has 1 aliphatic rings. The lowest BCUT2D eigenvalue weighted by atomic mass is 10.1. The monoisotopic (exact) mass is 316 g/mol. The Morgan fingerprint density at radius 2 is 2.10 bits per heavy atom. The lowest BCUT2D eigenvalue weighted by Crippen LogP contribution is -2.32. The summed E-state index contributed by atoms with van der Waals surface area (Å²) in [5.41, 5.74) is -0.668.